The second kappa shape index (κ2) is 47.6. The van der Waals surface area contributed by atoms with Crippen LogP contribution in [0.4, 0.5) is 5.69 Å². The van der Waals surface area contributed by atoms with Crippen molar-refractivity contribution >= 4 is 135 Å². The van der Waals surface area contributed by atoms with E-state index in [4.69, 9.17) is 21.6 Å². The Labute approximate surface area is 657 Å². The van der Waals surface area contributed by atoms with Crippen LogP contribution in [0.1, 0.15) is 146 Å². The number of para-hydroxylation sites is 2. The highest BCUT2D eigenvalue weighted by atomic mass is 16.5. The molecule has 1 aliphatic heterocycles. The average Bonchev–Trinajstić information content (AvgIpc) is 1.72. The standard InChI is InChI=1S/C72H101N17O26/c1-5-6-7-8-9-10-11-22-53(93)81-44(25-38-31-76-42-20-15-13-17-39(38)42)66(108)84-45(27-52(75)92)67(109)86-48(30-59(102)103)68(110)89-61-37(4)115-72(114)49(26-51(91)40-18-12-14-19-41(40)74)87-71(113)60(35(2)24-56(96)97)88-69(111)50(34-90)82-55(95)32-77-63(105)46(28-57(98)99)83-62(104)36(3)79-65(107)47(29-58(100)101)85-64(106)43(21-16-23-73)80-54(94)33-78-70(61)112/h12-15,17-20,31,35-37,43-50,60-61,76,90H,5-11,16,21-30,32-34,73-74H2,1-4H3,(H2,75,92)(H,77,105)(H,78,112)(H,79,107)(H,80,94)(H,81,93)(H,82,95)(H,83,104)(H,84,108)(H,85,106)(H,86,109)(H,87,113)(H,88,111)(H,89,110)(H,96,97)(H,98,99)(H,100,101)(H,102,103)/t35-,36-,37+,43+,44+,45+,46+,47+,48+,49+,50-,60+,61+/m1/s1. The Morgan fingerprint density at radius 1 is 0.574 bits per heavy atom. The summed E-state index contributed by atoms with van der Waals surface area (Å²) >= 11 is 0. The number of anilines is 1. The van der Waals surface area contributed by atoms with E-state index in [1.807, 2.05) is 0 Å². The molecule has 43 heteroatoms. The lowest BCUT2D eigenvalue weighted by atomic mass is 9.97. The molecule has 43 nitrogen and oxygen atoms in total. The number of aliphatic imine (C=N–C) groups is 13. The molecule has 0 aliphatic carbocycles. The fraction of sp³-hybridized carbons (Fsp3) is 0.528. The zero-order valence-corrected chi connectivity index (χ0v) is 63.4. The Kier molecular flexibility index (Phi) is 39.2. The predicted molar refractivity (Wildman–Crippen MR) is 426 cm³/mol. The lowest BCUT2D eigenvalue weighted by Crippen LogP contribution is -2.40. The van der Waals surface area contributed by atoms with Gasteiger partial charge in [-0.1, -0.05) is 82.7 Å². The van der Waals surface area contributed by atoms with E-state index in [1.165, 1.54) is 24.3 Å². The van der Waals surface area contributed by atoms with Gasteiger partial charge in [0.05, 0.1) is 38.7 Å². The Balaban J connectivity index is 2.11. The number of aliphatic hydroxyl groups is 15. The van der Waals surface area contributed by atoms with E-state index in [-0.39, 0.29) is 43.5 Å². The first-order chi connectivity index (χ1) is 54.4. The predicted octanol–water partition coefficient (Wildman–Crippen LogP) is 6.35. The number of nitrogens with one attached hydrogen (secondary N) is 2. The maximum absolute atomic E-state index is 14.9. The normalized spacial score (nSPS) is 22.1. The third-order valence-corrected chi connectivity index (χ3v) is 17.1. The molecule has 0 spiro atoms. The number of esters is 1. The van der Waals surface area contributed by atoms with E-state index in [1.54, 1.807) is 30.5 Å². The molecule has 1 aliphatic rings. The number of cyclic esters (lactones) is 1. The molecule has 3 aromatic rings. The second-order valence-corrected chi connectivity index (χ2v) is 26.5. The van der Waals surface area contributed by atoms with Gasteiger partial charge >= 0.3 is 29.8 Å². The van der Waals surface area contributed by atoms with Crippen LogP contribution in [0, 0.1) is 11.3 Å². The quantitative estimate of drug-likeness (QED) is 0.00761. The fourth-order valence-electron chi connectivity index (χ4n) is 11.1. The number of ether oxygens (including phenoxy) is 1. The van der Waals surface area contributed by atoms with Crippen LogP contribution in [-0.2, 0) is 35.1 Å². The first-order valence-electron chi connectivity index (χ1n) is 36.3. The molecule has 0 radical (unpaired) electrons. The summed E-state index contributed by atoms with van der Waals surface area (Å²) in [5.41, 5.74) is 12.7. The van der Waals surface area contributed by atoms with E-state index < -0.39 is 255 Å². The molecule has 0 unspecified atom stereocenters. The molecule has 115 heavy (non-hydrogen) atoms. The zero-order chi connectivity index (χ0) is 85.8. The van der Waals surface area contributed by atoms with Crippen molar-refractivity contribution in [3.05, 3.63) is 65.9 Å². The number of aromatic amines is 1. The van der Waals surface area contributed by atoms with Crippen LogP contribution < -0.4 is 11.5 Å². The summed E-state index contributed by atoms with van der Waals surface area (Å²) in [6.07, 6.45) is -1.59. The van der Waals surface area contributed by atoms with E-state index in [9.17, 15) is 126 Å². The number of ketones is 1. The lowest BCUT2D eigenvalue weighted by Gasteiger charge is -2.24. The molecule has 0 fully saturated rings. The third kappa shape index (κ3) is 32.5. The molecule has 0 saturated heterocycles. The van der Waals surface area contributed by atoms with Crippen molar-refractivity contribution in [3.63, 3.8) is 0 Å². The molecule has 630 valence electrons. The van der Waals surface area contributed by atoms with Crippen molar-refractivity contribution < 1.29 is 131 Å². The number of aromatic nitrogens is 1. The largest absolute Gasteiger partial charge is 0.497 e. The van der Waals surface area contributed by atoms with E-state index in [2.05, 4.69) is 76.8 Å². The third-order valence-electron chi connectivity index (χ3n) is 17.1. The minimum Gasteiger partial charge on any atom is -0.497 e. The number of benzene rings is 2. The van der Waals surface area contributed by atoms with Crippen molar-refractivity contribution in [1.29, 1.82) is 5.41 Å². The number of nitrogens with two attached hydrogens (primary N) is 2. The Bertz CT molecular complexity index is 4260. The summed E-state index contributed by atoms with van der Waals surface area (Å²) in [7, 11) is 0. The van der Waals surface area contributed by atoms with Gasteiger partial charge in [0.25, 0.3) is 0 Å². The molecule has 1 aromatic heterocycles. The molecular formula is C72H101N17O26. The number of fused-ring (bicyclic) bond motifs is 1. The van der Waals surface area contributed by atoms with Gasteiger partial charge in [-0.3, -0.25) is 29.4 Å². The SMILES string of the molecule is CCCCCCCCCC(O)=N[C@@H](Cc1c[nH]c2ccccc12)C(O)=N[C@@H](CC(=N)O)C(O)=N[C@@H](CC(=O)O)C(O)=N[C@@H]1C(O)=NCC(O)=N[C@@H](CCCN)C(O)=N[C@@H](CC(=O)O)C(O)=N[C@H](C)C(O)=N[C@@H](CC(=O)O)C(O)=NCC(O)=N[C@H](CO)C(O)=N[C@@H]([C@H](C)CC(=O)O)C(O)=N[C@@H](CC(=O)c2ccccc2N)C(=O)O[C@H]1C. The van der Waals surface area contributed by atoms with Crippen molar-refractivity contribution in [3.8, 4) is 0 Å². The number of carboxylic acid groups (broad SMARTS) is 4. The molecule has 0 bridgehead atoms. The van der Waals surface area contributed by atoms with Crippen LogP contribution in [0.2, 0.25) is 0 Å². The number of carbonyl (C=O) groups excluding carboxylic acids is 2. The molecule has 0 amide bonds. The smallest absolute Gasteiger partial charge is 0.331 e. The van der Waals surface area contributed by atoms with Gasteiger partial charge in [-0.25, -0.2) is 69.7 Å². The summed E-state index contributed by atoms with van der Waals surface area (Å²) in [6, 6.07) is -10.1. The number of unbranched alkanes of at least 4 members (excludes halogenated alkanes) is 6. The molecule has 2 heterocycles. The van der Waals surface area contributed by atoms with E-state index in [0.717, 1.165) is 59.3 Å². The number of carbonyl (C=O) groups is 6. The van der Waals surface area contributed by atoms with E-state index in [0.29, 0.717) is 22.9 Å². The number of nitrogens with zero attached hydrogens (tertiary/aromatic N) is 13. The Morgan fingerprint density at radius 2 is 1.11 bits per heavy atom. The number of hydrogen-bond donors (Lipinski definition) is 23. The summed E-state index contributed by atoms with van der Waals surface area (Å²) < 4.78 is 5.72. The van der Waals surface area contributed by atoms with Crippen molar-refractivity contribution in [1.82, 2.24) is 4.98 Å². The topological polar surface area (TPSA) is 748 Å². The Morgan fingerprint density at radius 3 is 1.71 bits per heavy atom. The fourth-order valence-corrected chi connectivity index (χ4v) is 11.1. The Hall–Kier alpha value is -12.7. The number of carboxylic acids is 4. The highest BCUT2D eigenvalue weighted by Crippen LogP contribution is 2.25. The molecular weight excluding hydrogens is 1520 g/mol. The van der Waals surface area contributed by atoms with Gasteiger partial charge in [0, 0.05) is 47.6 Å². The van der Waals surface area contributed by atoms with Gasteiger partial charge in [-0.05, 0) is 69.3 Å². The van der Waals surface area contributed by atoms with Gasteiger partial charge in [0.15, 0.2) is 35.7 Å². The molecule has 25 N–H and O–H groups in total. The van der Waals surface area contributed by atoms with Gasteiger partial charge in [0.1, 0.15) is 67.5 Å². The van der Waals surface area contributed by atoms with Crippen molar-refractivity contribution in [2.24, 2.45) is 76.6 Å². The van der Waals surface area contributed by atoms with Gasteiger partial charge < -0.3 is 118 Å². The number of Topliss-reactive ketones (excluding diaryl/α,β-unsaturated/α-hetero) is 1. The van der Waals surface area contributed by atoms with Crippen LogP contribution in [0.25, 0.3) is 10.9 Å². The maximum Gasteiger partial charge on any atom is 0.331 e. The summed E-state index contributed by atoms with van der Waals surface area (Å²) in [5.74, 6) is -27.5. The minimum atomic E-state index is -2.42. The number of rotatable bonds is 35. The monoisotopic (exact) mass is 1620 g/mol. The van der Waals surface area contributed by atoms with Crippen LogP contribution in [0.15, 0.2) is 120 Å². The van der Waals surface area contributed by atoms with Crippen molar-refractivity contribution in [2.75, 3.05) is 32.0 Å². The minimum absolute atomic E-state index is 0.0508. The van der Waals surface area contributed by atoms with Gasteiger partial charge in [-0.15, -0.1) is 0 Å². The zero-order valence-electron chi connectivity index (χ0n) is 63.4. The molecule has 0 saturated carbocycles. The number of aliphatic carboxylic acids is 4. The van der Waals surface area contributed by atoms with Crippen LogP contribution in [0.5, 0.6) is 0 Å². The number of aliphatic hydroxyl groups excluding tert-OH is 15. The molecule has 13 atom stereocenters. The average molecular weight is 1620 g/mol. The van der Waals surface area contributed by atoms with Gasteiger partial charge in [-0.2, -0.15) is 0 Å². The number of nitrogen functional groups attached to an aromatic ring is 1. The first kappa shape index (κ1) is 94.7. The van der Waals surface area contributed by atoms with Crippen LogP contribution in [0.3, 0.4) is 0 Å². The van der Waals surface area contributed by atoms with E-state index >= 15 is 0 Å². The highest BCUT2D eigenvalue weighted by molar-refractivity contribution is 6.04. The second-order valence-electron chi connectivity index (χ2n) is 26.5. The van der Waals surface area contributed by atoms with Crippen LogP contribution >= 0.6 is 0 Å². The summed E-state index contributed by atoms with van der Waals surface area (Å²) in [4.78, 5) is 132. The maximum atomic E-state index is 14.9. The molecule has 2 aromatic carbocycles. The molecule has 4 rings (SSSR count). The highest BCUT2D eigenvalue weighted by Gasteiger charge is 2.37. The van der Waals surface area contributed by atoms with Crippen molar-refractivity contribution in [2.45, 2.75) is 209 Å². The lowest BCUT2D eigenvalue weighted by molar-refractivity contribution is -0.150. The number of H-pyrrole nitrogens is 1. The summed E-state index contributed by atoms with van der Waals surface area (Å²) in [6.45, 7) is 1.39. The van der Waals surface area contributed by atoms with Gasteiger partial charge in [0.2, 0.25) is 70.8 Å². The number of hydrogen-bond acceptors (Lipinski definition) is 24. The summed E-state index contributed by atoms with van der Waals surface area (Å²) in [5, 5.41) is 218. The first-order valence-corrected chi connectivity index (χ1v) is 36.3. The van der Waals surface area contributed by atoms with Crippen LogP contribution in [-0.4, -0.2) is 319 Å².